The summed E-state index contributed by atoms with van der Waals surface area (Å²) in [6.07, 6.45) is 1.06. The van der Waals surface area contributed by atoms with Crippen molar-refractivity contribution in [2.24, 2.45) is 5.73 Å². The monoisotopic (exact) mass is 302 g/mol. The predicted octanol–water partition coefficient (Wildman–Crippen LogP) is 3.48. The Morgan fingerprint density at radius 1 is 1.19 bits per heavy atom. The minimum atomic E-state index is -0.0791. The lowest BCUT2D eigenvalue weighted by molar-refractivity contribution is 0.102. The van der Waals surface area contributed by atoms with Gasteiger partial charge in [-0.3, -0.25) is 4.79 Å². The first-order valence-corrected chi connectivity index (χ1v) is 6.87. The van der Waals surface area contributed by atoms with Crippen LogP contribution in [0.2, 0.25) is 0 Å². The number of nitrogens with two attached hydrogens (primary N) is 1. The standard InChI is InChI=1S/C17H18N2O.ClH/c1-11-3-2-4-13(9-11)17(20)19-14-7-5-12(6-8-14)15-10-16(15)18;/h2-9,15-16H,10,18H2,1H3,(H,19,20);1H/t15-,16+;/m0./s1. The van der Waals surface area contributed by atoms with Crippen molar-refractivity contribution >= 4 is 24.0 Å². The van der Waals surface area contributed by atoms with Gasteiger partial charge >= 0.3 is 0 Å². The molecule has 3 N–H and O–H groups in total. The van der Waals surface area contributed by atoms with Crippen molar-refractivity contribution in [2.75, 3.05) is 5.32 Å². The summed E-state index contributed by atoms with van der Waals surface area (Å²) in [4.78, 5) is 12.1. The second-order valence-corrected chi connectivity index (χ2v) is 5.45. The molecule has 1 aliphatic rings. The maximum Gasteiger partial charge on any atom is 0.255 e. The third-order valence-corrected chi connectivity index (χ3v) is 3.72. The van der Waals surface area contributed by atoms with E-state index in [1.807, 2.05) is 55.5 Å². The molecular weight excluding hydrogens is 284 g/mol. The molecule has 0 heterocycles. The number of halogens is 1. The van der Waals surface area contributed by atoms with E-state index >= 15 is 0 Å². The SMILES string of the molecule is Cc1cccc(C(=O)Nc2ccc([C@@H]3C[C@H]3N)cc2)c1.Cl. The molecule has 0 aromatic heterocycles. The largest absolute Gasteiger partial charge is 0.327 e. The van der Waals surface area contributed by atoms with Gasteiger partial charge in [0.25, 0.3) is 5.91 Å². The number of hydrogen-bond acceptors (Lipinski definition) is 2. The first-order chi connectivity index (χ1) is 9.63. The summed E-state index contributed by atoms with van der Waals surface area (Å²) in [5.74, 6) is 0.418. The van der Waals surface area contributed by atoms with Crippen molar-refractivity contribution in [1.82, 2.24) is 0 Å². The Bertz CT molecular complexity index is 639. The number of aryl methyl sites for hydroxylation is 1. The highest BCUT2D eigenvalue weighted by molar-refractivity contribution is 6.04. The van der Waals surface area contributed by atoms with E-state index in [-0.39, 0.29) is 18.3 Å². The Labute approximate surface area is 131 Å². The van der Waals surface area contributed by atoms with E-state index in [0.29, 0.717) is 17.5 Å². The predicted molar refractivity (Wildman–Crippen MR) is 88.2 cm³/mol. The number of carbonyl (C=O) groups excluding carboxylic acids is 1. The lowest BCUT2D eigenvalue weighted by Gasteiger charge is -2.07. The maximum atomic E-state index is 12.1. The minimum absolute atomic E-state index is 0. The summed E-state index contributed by atoms with van der Waals surface area (Å²) in [7, 11) is 0. The van der Waals surface area contributed by atoms with Crippen molar-refractivity contribution in [3.05, 3.63) is 65.2 Å². The quantitative estimate of drug-likeness (QED) is 0.912. The van der Waals surface area contributed by atoms with E-state index in [1.165, 1.54) is 5.56 Å². The zero-order valence-electron chi connectivity index (χ0n) is 11.9. The van der Waals surface area contributed by atoms with Crippen molar-refractivity contribution in [3.63, 3.8) is 0 Å². The Morgan fingerprint density at radius 3 is 2.43 bits per heavy atom. The number of nitrogens with one attached hydrogen (secondary N) is 1. The van der Waals surface area contributed by atoms with Crippen LogP contribution in [-0.2, 0) is 0 Å². The number of carbonyl (C=O) groups is 1. The zero-order valence-corrected chi connectivity index (χ0v) is 12.7. The molecule has 1 saturated carbocycles. The summed E-state index contributed by atoms with van der Waals surface area (Å²) < 4.78 is 0. The van der Waals surface area contributed by atoms with Gasteiger partial charge in [-0.05, 0) is 43.2 Å². The highest BCUT2D eigenvalue weighted by Crippen LogP contribution is 2.39. The molecule has 1 fully saturated rings. The molecule has 2 atom stereocenters. The smallest absolute Gasteiger partial charge is 0.255 e. The molecule has 0 saturated heterocycles. The molecule has 2 aromatic rings. The van der Waals surface area contributed by atoms with Crippen LogP contribution in [0.5, 0.6) is 0 Å². The van der Waals surface area contributed by atoms with Gasteiger partial charge < -0.3 is 11.1 Å². The van der Waals surface area contributed by atoms with Gasteiger partial charge in [0.2, 0.25) is 0 Å². The number of anilines is 1. The average molecular weight is 303 g/mol. The lowest BCUT2D eigenvalue weighted by atomic mass is 10.1. The van der Waals surface area contributed by atoms with E-state index < -0.39 is 0 Å². The Hall–Kier alpha value is -1.84. The van der Waals surface area contributed by atoms with E-state index in [2.05, 4.69) is 5.32 Å². The summed E-state index contributed by atoms with van der Waals surface area (Å²) >= 11 is 0. The molecule has 0 bridgehead atoms. The normalized spacial score (nSPS) is 19.5. The van der Waals surface area contributed by atoms with E-state index in [1.54, 1.807) is 0 Å². The van der Waals surface area contributed by atoms with E-state index in [0.717, 1.165) is 17.7 Å². The highest BCUT2D eigenvalue weighted by Gasteiger charge is 2.34. The second kappa shape index (κ2) is 6.29. The second-order valence-electron chi connectivity index (χ2n) is 5.45. The molecule has 2 aromatic carbocycles. The average Bonchev–Trinajstić information content (AvgIpc) is 3.17. The van der Waals surface area contributed by atoms with E-state index in [9.17, 15) is 4.79 Å². The van der Waals surface area contributed by atoms with Crippen LogP contribution in [0.3, 0.4) is 0 Å². The molecule has 0 spiro atoms. The number of amides is 1. The molecular formula is C17H19ClN2O. The Morgan fingerprint density at radius 2 is 1.86 bits per heavy atom. The van der Waals surface area contributed by atoms with Crippen LogP contribution < -0.4 is 11.1 Å². The van der Waals surface area contributed by atoms with Crippen molar-refractivity contribution < 1.29 is 4.79 Å². The first-order valence-electron chi connectivity index (χ1n) is 6.87. The summed E-state index contributed by atoms with van der Waals surface area (Å²) in [5, 5.41) is 2.91. The molecule has 0 radical (unpaired) electrons. The summed E-state index contributed by atoms with van der Waals surface area (Å²) in [6.45, 7) is 1.98. The van der Waals surface area contributed by atoms with Gasteiger partial charge in [-0.1, -0.05) is 29.8 Å². The first kappa shape index (κ1) is 15.5. The van der Waals surface area contributed by atoms with Crippen LogP contribution in [0.1, 0.15) is 33.8 Å². The van der Waals surface area contributed by atoms with Crippen molar-refractivity contribution in [1.29, 1.82) is 0 Å². The molecule has 110 valence electrons. The third-order valence-electron chi connectivity index (χ3n) is 3.72. The maximum absolute atomic E-state index is 12.1. The van der Waals surface area contributed by atoms with Gasteiger partial charge in [0, 0.05) is 23.2 Å². The van der Waals surface area contributed by atoms with Crippen LogP contribution >= 0.6 is 12.4 Å². The van der Waals surface area contributed by atoms with Crippen LogP contribution in [0.15, 0.2) is 48.5 Å². The molecule has 4 heteroatoms. The molecule has 21 heavy (non-hydrogen) atoms. The van der Waals surface area contributed by atoms with Crippen LogP contribution in [0, 0.1) is 6.92 Å². The van der Waals surface area contributed by atoms with Gasteiger partial charge in [-0.25, -0.2) is 0 Å². The van der Waals surface area contributed by atoms with Gasteiger partial charge in [0.15, 0.2) is 0 Å². The lowest BCUT2D eigenvalue weighted by Crippen LogP contribution is -2.11. The topological polar surface area (TPSA) is 55.1 Å². The highest BCUT2D eigenvalue weighted by atomic mass is 35.5. The number of benzene rings is 2. The van der Waals surface area contributed by atoms with Gasteiger partial charge in [0.1, 0.15) is 0 Å². The van der Waals surface area contributed by atoms with Crippen LogP contribution in [-0.4, -0.2) is 11.9 Å². The van der Waals surface area contributed by atoms with Crippen molar-refractivity contribution in [3.8, 4) is 0 Å². The summed E-state index contributed by atoms with van der Waals surface area (Å²) in [5.41, 5.74) is 9.67. The molecule has 0 aliphatic heterocycles. The van der Waals surface area contributed by atoms with Crippen LogP contribution in [0.4, 0.5) is 5.69 Å². The molecule has 3 nitrogen and oxygen atoms in total. The van der Waals surface area contributed by atoms with Gasteiger partial charge in [-0.2, -0.15) is 0 Å². The third kappa shape index (κ3) is 3.63. The Balaban J connectivity index is 0.00000161. The fraction of sp³-hybridized carbons (Fsp3) is 0.235. The van der Waals surface area contributed by atoms with Crippen LogP contribution in [0.25, 0.3) is 0 Å². The molecule has 3 rings (SSSR count). The fourth-order valence-electron chi connectivity index (χ4n) is 2.40. The molecule has 1 amide bonds. The van der Waals surface area contributed by atoms with E-state index in [4.69, 9.17) is 5.73 Å². The van der Waals surface area contributed by atoms with Crippen molar-refractivity contribution in [2.45, 2.75) is 25.3 Å². The Kier molecular flexibility index (Phi) is 4.66. The number of hydrogen-bond donors (Lipinski definition) is 2. The minimum Gasteiger partial charge on any atom is -0.327 e. The van der Waals surface area contributed by atoms with Gasteiger partial charge in [0.05, 0.1) is 0 Å². The zero-order chi connectivity index (χ0) is 14.1. The fourth-order valence-corrected chi connectivity index (χ4v) is 2.40. The summed E-state index contributed by atoms with van der Waals surface area (Å²) in [6, 6.07) is 15.8. The molecule has 1 aliphatic carbocycles. The van der Waals surface area contributed by atoms with Gasteiger partial charge in [-0.15, -0.1) is 12.4 Å². The molecule has 0 unspecified atom stereocenters. The number of rotatable bonds is 3.